The number of fused-ring (bicyclic) bond motifs is 2. The first kappa shape index (κ1) is 23.4. The van der Waals surface area contributed by atoms with E-state index in [0.29, 0.717) is 6.42 Å². The lowest BCUT2D eigenvalue weighted by atomic mass is 10.0. The van der Waals surface area contributed by atoms with E-state index in [4.69, 9.17) is 9.16 Å². The van der Waals surface area contributed by atoms with Gasteiger partial charge in [-0.05, 0) is 44.0 Å². The summed E-state index contributed by atoms with van der Waals surface area (Å²) in [5.41, 5.74) is -4.59. The van der Waals surface area contributed by atoms with Crippen molar-refractivity contribution in [2.45, 2.75) is 88.9 Å². The maximum absolute atomic E-state index is 12.8. The lowest BCUT2D eigenvalue weighted by Crippen LogP contribution is -2.47. The molecule has 2 aliphatic heterocycles. The van der Waals surface area contributed by atoms with Crippen LogP contribution in [0.2, 0.25) is 18.1 Å². The van der Waals surface area contributed by atoms with E-state index in [1.807, 2.05) is 13.0 Å². The number of hydrogen-bond acceptors (Lipinski definition) is 5. The SMILES string of the molecule is C/C1=C/CC[C@H](O[Si](C)(C)C(C)(C)C)[C@H]2C=C(OS(=O)(=O)C(F)(F)F)[C@@H](C1)O2. The summed E-state index contributed by atoms with van der Waals surface area (Å²) in [5.74, 6) is -0.319. The van der Waals surface area contributed by atoms with Crippen molar-refractivity contribution in [2.75, 3.05) is 0 Å². The van der Waals surface area contributed by atoms with Gasteiger partial charge in [0.25, 0.3) is 0 Å². The van der Waals surface area contributed by atoms with E-state index in [0.717, 1.165) is 12.0 Å². The van der Waals surface area contributed by atoms with Gasteiger partial charge in [0, 0.05) is 6.42 Å². The predicted molar refractivity (Wildman–Crippen MR) is 102 cm³/mol. The molecule has 0 aromatic rings. The molecule has 0 amide bonds. The molecule has 5 nitrogen and oxygen atoms in total. The van der Waals surface area contributed by atoms with Gasteiger partial charge in [-0.15, -0.1) is 0 Å². The molecule has 2 rings (SSSR count). The molecular weight excluding hydrogens is 413 g/mol. The summed E-state index contributed by atoms with van der Waals surface area (Å²) >= 11 is 0. The van der Waals surface area contributed by atoms with Gasteiger partial charge >= 0.3 is 15.6 Å². The molecule has 0 N–H and O–H groups in total. The molecule has 0 aromatic heterocycles. The minimum Gasteiger partial charge on any atom is -0.411 e. The highest BCUT2D eigenvalue weighted by Gasteiger charge is 2.51. The highest BCUT2D eigenvalue weighted by atomic mass is 32.2. The highest BCUT2D eigenvalue weighted by molar-refractivity contribution is 7.87. The second-order valence-electron chi connectivity index (χ2n) is 8.89. The van der Waals surface area contributed by atoms with Crippen molar-refractivity contribution in [3.8, 4) is 0 Å². The molecule has 28 heavy (non-hydrogen) atoms. The van der Waals surface area contributed by atoms with Crippen LogP contribution >= 0.6 is 0 Å². The average Bonchev–Trinajstić information content (AvgIpc) is 2.87. The molecule has 10 heteroatoms. The number of hydrogen-bond donors (Lipinski definition) is 0. The van der Waals surface area contributed by atoms with Gasteiger partial charge < -0.3 is 13.3 Å². The zero-order valence-corrected chi connectivity index (χ0v) is 18.9. The quantitative estimate of drug-likeness (QED) is 0.265. The Balaban J connectivity index is 2.34. The smallest absolute Gasteiger partial charge is 0.411 e. The van der Waals surface area contributed by atoms with E-state index in [9.17, 15) is 21.6 Å². The first-order valence-electron chi connectivity index (χ1n) is 9.25. The first-order valence-corrected chi connectivity index (χ1v) is 13.6. The van der Waals surface area contributed by atoms with E-state index in [1.165, 1.54) is 6.08 Å². The predicted octanol–water partition coefficient (Wildman–Crippen LogP) is 5.02. The van der Waals surface area contributed by atoms with Gasteiger partial charge in [0.15, 0.2) is 8.32 Å². The fourth-order valence-electron chi connectivity index (χ4n) is 2.88. The maximum Gasteiger partial charge on any atom is 0.534 e. The fourth-order valence-corrected chi connectivity index (χ4v) is 4.75. The van der Waals surface area contributed by atoms with Crippen molar-refractivity contribution < 1.29 is 34.9 Å². The molecule has 2 bridgehead atoms. The van der Waals surface area contributed by atoms with Crippen LogP contribution in [0.1, 0.15) is 47.0 Å². The fraction of sp³-hybridized carbons (Fsp3) is 0.778. The van der Waals surface area contributed by atoms with Gasteiger partial charge in [-0.1, -0.05) is 32.4 Å². The Kier molecular flexibility index (Phi) is 6.50. The zero-order valence-electron chi connectivity index (χ0n) is 17.1. The molecule has 0 fully saturated rings. The minimum absolute atomic E-state index is 0.0577. The van der Waals surface area contributed by atoms with E-state index < -0.39 is 36.2 Å². The lowest BCUT2D eigenvalue weighted by molar-refractivity contribution is -0.0549. The van der Waals surface area contributed by atoms with Crippen molar-refractivity contribution in [3.63, 3.8) is 0 Å². The molecule has 0 aromatic carbocycles. The van der Waals surface area contributed by atoms with Crippen LogP contribution in [-0.4, -0.2) is 40.6 Å². The van der Waals surface area contributed by atoms with Crippen LogP contribution in [0.3, 0.4) is 0 Å². The third kappa shape index (κ3) is 5.20. The summed E-state index contributed by atoms with van der Waals surface area (Å²) in [6, 6.07) is 0. The summed E-state index contributed by atoms with van der Waals surface area (Å²) in [5, 5.41) is -0.0577. The van der Waals surface area contributed by atoms with Crippen LogP contribution in [-0.2, 0) is 23.5 Å². The van der Waals surface area contributed by atoms with Gasteiger partial charge in [0.1, 0.15) is 18.0 Å². The minimum atomic E-state index is -5.75. The Morgan fingerprint density at radius 1 is 1.21 bits per heavy atom. The molecule has 0 radical (unpaired) electrons. The number of halogens is 3. The van der Waals surface area contributed by atoms with E-state index >= 15 is 0 Å². The molecule has 0 saturated carbocycles. The van der Waals surface area contributed by atoms with Gasteiger partial charge in [-0.2, -0.15) is 21.6 Å². The monoisotopic (exact) mass is 442 g/mol. The molecular formula is C18H29F3O5SSi. The number of ether oxygens (including phenoxy) is 1. The van der Waals surface area contributed by atoms with Gasteiger partial charge in [-0.25, -0.2) is 0 Å². The van der Waals surface area contributed by atoms with E-state index in [2.05, 4.69) is 38.0 Å². The van der Waals surface area contributed by atoms with Crippen LogP contribution in [0, 0.1) is 0 Å². The number of rotatable bonds is 4. The Hall–Kier alpha value is -0.843. The van der Waals surface area contributed by atoms with Gasteiger partial charge in [0.05, 0.1) is 6.10 Å². The largest absolute Gasteiger partial charge is 0.534 e. The zero-order chi connectivity index (χ0) is 21.5. The Morgan fingerprint density at radius 2 is 1.82 bits per heavy atom. The van der Waals surface area contributed by atoms with Crippen LogP contribution in [0.5, 0.6) is 0 Å². The van der Waals surface area contributed by atoms with Gasteiger partial charge in [-0.3, -0.25) is 0 Å². The standard InChI is InChI=1S/C18H29F3O5SSi/c1-12-8-7-9-13(26-28(5,6)17(2,3)4)15-11-16(14(10-12)24-15)25-27(22,23)18(19,20)21/h8,11,13-15H,7,9-10H2,1-6H3/b12-8-/t13-,14+,15+/m0/s1. The van der Waals surface area contributed by atoms with Crippen molar-refractivity contribution in [3.05, 3.63) is 23.5 Å². The van der Waals surface area contributed by atoms with Crippen LogP contribution in [0.4, 0.5) is 13.2 Å². The van der Waals surface area contributed by atoms with E-state index in [-0.39, 0.29) is 23.3 Å². The average molecular weight is 443 g/mol. The first-order chi connectivity index (χ1) is 12.5. The second-order valence-corrected chi connectivity index (χ2v) is 15.2. The Bertz CT molecular complexity index is 750. The molecule has 0 saturated heterocycles. The topological polar surface area (TPSA) is 61.8 Å². The number of alkyl halides is 3. The van der Waals surface area contributed by atoms with Crippen molar-refractivity contribution in [2.24, 2.45) is 0 Å². The molecule has 0 spiro atoms. The summed E-state index contributed by atoms with van der Waals surface area (Å²) in [6.07, 6.45) is 3.04. The molecule has 162 valence electrons. The van der Waals surface area contributed by atoms with Gasteiger partial charge in [0.2, 0.25) is 0 Å². The third-order valence-corrected chi connectivity index (χ3v) is 11.0. The summed E-state index contributed by atoms with van der Waals surface area (Å²) < 4.78 is 78.0. The summed E-state index contributed by atoms with van der Waals surface area (Å²) in [7, 11) is -7.92. The third-order valence-electron chi connectivity index (χ3n) is 5.53. The summed E-state index contributed by atoms with van der Waals surface area (Å²) in [4.78, 5) is 0. The molecule has 2 heterocycles. The van der Waals surface area contributed by atoms with Crippen LogP contribution in [0.25, 0.3) is 0 Å². The molecule has 3 atom stereocenters. The number of allylic oxidation sites excluding steroid dienone is 1. The molecule has 2 aliphatic rings. The van der Waals surface area contributed by atoms with Crippen molar-refractivity contribution in [1.82, 2.24) is 0 Å². The summed E-state index contributed by atoms with van der Waals surface area (Å²) in [6.45, 7) is 12.3. The Morgan fingerprint density at radius 3 is 2.36 bits per heavy atom. The highest BCUT2D eigenvalue weighted by Crippen LogP contribution is 2.41. The Labute approximate surface area is 166 Å². The normalized spacial score (nSPS) is 29.2. The molecule has 0 aliphatic carbocycles. The second kappa shape index (κ2) is 7.77. The molecule has 0 unspecified atom stereocenters. The maximum atomic E-state index is 12.8. The van der Waals surface area contributed by atoms with Crippen molar-refractivity contribution in [1.29, 1.82) is 0 Å². The van der Waals surface area contributed by atoms with Crippen molar-refractivity contribution >= 4 is 18.4 Å². The lowest BCUT2D eigenvalue weighted by Gasteiger charge is -2.40. The van der Waals surface area contributed by atoms with Crippen LogP contribution < -0.4 is 0 Å². The van der Waals surface area contributed by atoms with E-state index in [1.54, 1.807) is 0 Å². The van der Waals surface area contributed by atoms with Crippen LogP contribution in [0.15, 0.2) is 23.5 Å².